The van der Waals surface area contributed by atoms with Crippen molar-refractivity contribution in [3.63, 3.8) is 0 Å². The fraction of sp³-hybridized carbons (Fsp3) is 0.350. The number of carbonyl (C=O) groups is 1. The Morgan fingerprint density at radius 2 is 1.72 bits per heavy atom. The summed E-state index contributed by atoms with van der Waals surface area (Å²) in [7, 11) is 0. The van der Waals surface area contributed by atoms with Gasteiger partial charge in [0.2, 0.25) is 0 Å². The van der Waals surface area contributed by atoms with Crippen molar-refractivity contribution in [1.82, 2.24) is 0 Å². The third-order valence-electron chi connectivity index (χ3n) is 4.57. The molecular weight excluding hydrogens is 320 g/mol. The van der Waals surface area contributed by atoms with Gasteiger partial charge >= 0.3 is 0 Å². The molecule has 1 atom stereocenters. The summed E-state index contributed by atoms with van der Waals surface area (Å²) >= 11 is 0. The number of phenols is 3. The van der Waals surface area contributed by atoms with E-state index in [-0.39, 0.29) is 23.0 Å². The van der Waals surface area contributed by atoms with Crippen molar-refractivity contribution in [2.24, 2.45) is 0 Å². The molecule has 2 rings (SSSR count). The zero-order chi connectivity index (χ0) is 18.9. The van der Waals surface area contributed by atoms with Gasteiger partial charge in [0, 0.05) is 17.2 Å². The molecule has 134 valence electrons. The van der Waals surface area contributed by atoms with E-state index in [1.165, 1.54) is 25.1 Å². The second-order valence-electron chi connectivity index (χ2n) is 6.19. The van der Waals surface area contributed by atoms with Crippen LogP contribution in [-0.4, -0.2) is 27.7 Å². The SMILES string of the molecule is CCOc1c(C)c(C)c(O)c(C(C(C)=O)c2ccc(O)cc2O)c1C. The van der Waals surface area contributed by atoms with Crippen LogP contribution in [0.4, 0.5) is 0 Å². The van der Waals surface area contributed by atoms with Crippen molar-refractivity contribution in [2.75, 3.05) is 6.61 Å². The number of Topliss-reactive ketones (excluding diaryl/α,β-unsaturated/α-hetero) is 1. The lowest BCUT2D eigenvalue weighted by molar-refractivity contribution is -0.117. The standard InChI is InChI=1S/C20H24O5/c1-6-25-20-11(3)10(2)19(24)17(12(20)4)18(13(5)21)15-8-7-14(22)9-16(15)23/h7-9,18,22-24H,6H2,1-5H3. The Bertz CT molecular complexity index is 824. The van der Waals surface area contributed by atoms with Crippen molar-refractivity contribution in [3.8, 4) is 23.0 Å². The summed E-state index contributed by atoms with van der Waals surface area (Å²) in [6.07, 6.45) is 0. The van der Waals surface area contributed by atoms with E-state index < -0.39 is 5.92 Å². The second kappa shape index (κ2) is 7.05. The predicted molar refractivity (Wildman–Crippen MR) is 95.8 cm³/mol. The van der Waals surface area contributed by atoms with Crippen LogP contribution in [0.25, 0.3) is 0 Å². The maximum absolute atomic E-state index is 12.4. The van der Waals surface area contributed by atoms with E-state index in [1.54, 1.807) is 13.8 Å². The summed E-state index contributed by atoms with van der Waals surface area (Å²) in [5, 5.41) is 30.5. The Labute approximate surface area is 147 Å². The molecule has 0 saturated heterocycles. The van der Waals surface area contributed by atoms with E-state index >= 15 is 0 Å². The zero-order valence-corrected chi connectivity index (χ0v) is 15.2. The van der Waals surface area contributed by atoms with Crippen LogP contribution in [0.5, 0.6) is 23.0 Å². The van der Waals surface area contributed by atoms with Gasteiger partial charge in [0.15, 0.2) is 0 Å². The van der Waals surface area contributed by atoms with Gasteiger partial charge in [0.25, 0.3) is 0 Å². The monoisotopic (exact) mass is 344 g/mol. The minimum absolute atomic E-state index is 0.0196. The number of carbonyl (C=O) groups excluding carboxylic acids is 1. The Hall–Kier alpha value is -2.69. The van der Waals surface area contributed by atoms with Crippen LogP contribution in [0.3, 0.4) is 0 Å². The van der Waals surface area contributed by atoms with Crippen LogP contribution in [0.15, 0.2) is 18.2 Å². The first-order chi connectivity index (χ1) is 11.7. The Balaban J connectivity index is 2.81. The number of benzene rings is 2. The summed E-state index contributed by atoms with van der Waals surface area (Å²) in [6, 6.07) is 4.08. The number of rotatable bonds is 5. The predicted octanol–water partition coefficient (Wildman–Crippen LogP) is 3.85. The molecule has 0 aliphatic heterocycles. The molecule has 5 nitrogen and oxygen atoms in total. The molecule has 25 heavy (non-hydrogen) atoms. The van der Waals surface area contributed by atoms with Crippen molar-refractivity contribution in [3.05, 3.63) is 46.0 Å². The van der Waals surface area contributed by atoms with E-state index in [0.29, 0.717) is 34.6 Å². The molecule has 0 aliphatic rings. The molecule has 1 unspecified atom stereocenters. The minimum Gasteiger partial charge on any atom is -0.508 e. The van der Waals surface area contributed by atoms with Gasteiger partial charge in [-0.3, -0.25) is 4.79 Å². The molecule has 0 aromatic heterocycles. The smallest absolute Gasteiger partial charge is 0.141 e. The second-order valence-corrected chi connectivity index (χ2v) is 6.19. The van der Waals surface area contributed by atoms with Crippen LogP contribution in [-0.2, 0) is 4.79 Å². The number of ether oxygens (including phenoxy) is 1. The molecule has 5 heteroatoms. The van der Waals surface area contributed by atoms with Gasteiger partial charge in [-0.25, -0.2) is 0 Å². The summed E-state index contributed by atoms with van der Waals surface area (Å²) in [5.41, 5.74) is 2.86. The molecule has 0 amide bonds. The third-order valence-corrected chi connectivity index (χ3v) is 4.57. The van der Waals surface area contributed by atoms with Gasteiger partial charge in [0.1, 0.15) is 28.8 Å². The fourth-order valence-electron chi connectivity index (χ4n) is 3.20. The largest absolute Gasteiger partial charge is 0.508 e. The summed E-state index contributed by atoms with van der Waals surface area (Å²) < 4.78 is 5.73. The van der Waals surface area contributed by atoms with E-state index in [0.717, 1.165) is 5.56 Å². The van der Waals surface area contributed by atoms with E-state index in [9.17, 15) is 20.1 Å². The molecule has 2 aromatic rings. The molecule has 0 fully saturated rings. The van der Waals surface area contributed by atoms with Crippen LogP contribution in [0.2, 0.25) is 0 Å². The van der Waals surface area contributed by atoms with Crippen molar-refractivity contribution < 1.29 is 24.9 Å². The fourth-order valence-corrected chi connectivity index (χ4v) is 3.20. The summed E-state index contributed by atoms with van der Waals surface area (Å²) in [4.78, 5) is 12.4. The summed E-state index contributed by atoms with van der Waals surface area (Å²) in [6.45, 7) is 9.16. The summed E-state index contributed by atoms with van der Waals surface area (Å²) in [5.74, 6) is -0.734. The molecule has 2 aromatic carbocycles. The van der Waals surface area contributed by atoms with Crippen molar-refractivity contribution in [2.45, 2.75) is 40.5 Å². The van der Waals surface area contributed by atoms with Gasteiger partial charge in [0.05, 0.1) is 12.5 Å². The first-order valence-electron chi connectivity index (χ1n) is 8.18. The van der Waals surface area contributed by atoms with Gasteiger partial charge in [-0.05, 0) is 57.4 Å². The quantitative estimate of drug-likeness (QED) is 0.767. The first-order valence-corrected chi connectivity index (χ1v) is 8.18. The van der Waals surface area contributed by atoms with Gasteiger partial charge in [-0.2, -0.15) is 0 Å². The van der Waals surface area contributed by atoms with Crippen LogP contribution in [0.1, 0.15) is 47.6 Å². The molecule has 0 heterocycles. The average molecular weight is 344 g/mol. The number of aromatic hydroxyl groups is 3. The lowest BCUT2D eigenvalue weighted by Gasteiger charge is -2.24. The highest BCUT2D eigenvalue weighted by Crippen LogP contribution is 2.45. The Kier molecular flexibility index (Phi) is 5.26. The van der Waals surface area contributed by atoms with Crippen molar-refractivity contribution >= 4 is 5.78 Å². The molecule has 3 N–H and O–H groups in total. The van der Waals surface area contributed by atoms with E-state index in [4.69, 9.17) is 4.74 Å². The van der Waals surface area contributed by atoms with Gasteiger partial charge in [-0.1, -0.05) is 6.07 Å². The highest BCUT2D eigenvalue weighted by Gasteiger charge is 2.30. The average Bonchev–Trinajstić information content (AvgIpc) is 2.54. The highest BCUT2D eigenvalue weighted by atomic mass is 16.5. The topological polar surface area (TPSA) is 87.0 Å². The lowest BCUT2D eigenvalue weighted by Crippen LogP contribution is -2.14. The van der Waals surface area contributed by atoms with Gasteiger partial charge < -0.3 is 20.1 Å². The number of hydrogen-bond acceptors (Lipinski definition) is 5. The zero-order valence-electron chi connectivity index (χ0n) is 15.2. The van der Waals surface area contributed by atoms with Crippen LogP contribution >= 0.6 is 0 Å². The van der Waals surface area contributed by atoms with E-state index in [1.807, 2.05) is 13.8 Å². The van der Waals surface area contributed by atoms with Crippen LogP contribution in [0, 0.1) is 20.8 Å². The Morgan fingerprint density at radius 3 is 2.24 bits per heavy atom. The molecule has 0 radical (unpaired) electrons. The number of hydrogen-bond donors (Lipinski definition) is 3. The van der Waals surface area contributed by atoms with Crippen molar-refractivity contribution in [1.29, 1.82) is 0 Å². The Morgan fingerprint density at radius 1 is 1.08 bits per heavy atom. The normalized spacial score (nSPS) is 12.0. The first kappa shape index (κ1) is 18.6. The molecule has 0 bridgehead atoms. The van der Waals surface area contributed by atoms with Gasteiger partial charge in [-0.15, -0.1) is 0 Å². The molecule has 0 aliphatic carbocycles. The molecule has 0 saturated carbocycles. The highest BCUT2D eigenvalue weighted by molar-refractivity contribution is 5.89. The lowest BCUT2D eigenvalue weighted by atomic mass is 9.82. The maximum Gasteiger partial charge on any atom is 0.141 e. The molecule has 0 spiro atoms. The maximum atomic E-state index is 12.4. The third kappa shape index (κ3) is 3.27. The van der Waals surface area contributed by atoms with E-state index in [2.05, 4.69) is 0 Å². The number of phenolic OH excluding ortho intramolecular Hbond substituents is 3. The number of ketones is 1. The molecular formula is C20H24O5. The minimum atomic E-state index is -0.862. The van der Waals surface area contributed by atoms with Crippen LogP contribution < -0.4 is 4.74 Å².